The van der Waals surface area contributed by atoms with Gasteiger partial charge in [-0.05, 0) is 31.0 Å². The molecule has 8 nitrogen and oxygen atoms in total. The lowest BCUT2D eigenvalue weighted by Crippen LogP contribution is -2.29. The van der Waals surface area contributed by atoms with Crippen LogP contribution < -0.4 is 9.64 Å². The Morgan fingerprint density at radius 2 is 1.89 bits per heavy atom. The molecule has 2 heterocycles. The molecule has 1 fully saturated rings. The predicted molar refractivity (Wildman–Crippen MR) is 136 cm³/mol. The summed E-state index contributed by atoms with van der Waals surface area (Å²) in [5, 5.41) is 11.3. The van der Waals surface area contributed by atoms with Crippen molar-refractivity contribution in [1.29, 1.82) is 0 Å². The number of Topliss-reactive ketones (excluding diaryl/α,β-unsaturated/α-hetero) is 1. The van der Waals surface area contributed by atoms with Gasteiger partial charge in [0.1, 0.15) is 16.4 Å². The molecule has 1 unspecified atom stereocenters. The van der Waals surface area contributed by atoms with Crippen molar-refractivity contribution < 1.29 is 29.0 Å². The summed E-state index contributed by atoms with van der Waals surface area (Å²) in [5.74, 6) is -1.98. The number of amides is 1. The van der Waals surface area contributed by atoms with Gasteiger partial charge in [0, 0.05) is 5.56 Å². The lowest BCUT2D eigenvalue weighted by molar-refractivity contribution is -0.132. The van der Waals surface area contributed by atoms with E-state index in [2.05, 4.69) is 11.9 Å². The fraction of sp³-hybridized carbons (Fsp3) is 0.259. The van der Waals surface area contributed by atoms with E-state index in [-0.39, 0.29) is 21.3 Å². The summed E-state index contributed by atoms with van der Waals surface area (Å²) in [6, 6.07) is 14.7. The van der Waals surface area contributed by atoms with Crippen LogP contribution in [0.3, 0.4) is 0 Å². The van der Waals surface area contributed by atoms with Gasteiger partial charge >= 0.3 is 11.9 Å². The number of nitrogens with zero attached hydrogens (tertiary/aromatic N) is 2. The molecule has 0 spiro atoms. The fourth-order valence-corrected chi connectivity index (χ4v) is 4.98. The van der Waals surface area contributed by atoms with Crippen LogP contribution in [0, 0.1) is 6.92 Å². The highest BCUT2D eigenvalue weighted by molar-refractivity contribution is 7.17. The van der Waals surface area contributed by atoms with Crippen LogP contribution in [0.15, 0.2) is 60.2 Å². The summed E-state index contributed by atoms with van der Waals surface area (Å²) in [4.78, 5) is 44.7. The first-order valence-electron chi connectivity index (χ1n) is 11.5. The van der Waals surface area contributed by atoms with E-state index in [4.69, 9.17) is 9.47 Å². The zero-order valence-electron chi connectivity index (χ0n) is 20.2. The lowest BCUT2D eigenvalue weighted by atomic mass is 9.95. The van der Waals surface area contributed by atoms with Crippen LogP contribution in [0.4, 0.5) is 5.13 Å². The quantitative estimate of drug-likeness (QED) is 0.150. The number of methoxy groups -OCH3 is 1. The topological polar surface area (TPSA) is 106 Å². The number of benzene rings is 2. The van der Waals surface area contributed by atoms with Gasteiger partial charge in [0.15, 0.2) is 5.13 Å². The van der Waals surface area contributed by atoms with Crippen LogP contribution in [0.2, 0.25) is 0 Å². The summed E-state index contributed by atoms with van der Waals surface area (Å²) in [7, 11) is 1.26. The molecule has 3 aromatic rings. The van der Waals surface area contributed by atoms with Crippen LogP contribution in [-0.4, -0.2) is 41.5 Å². The third-order valence-corrected chi connectivity index (χ3v) is 6.93. The molecule has 1 atom stereocenters. The second kappa shape index (κ2) is 10.7. The smallest absolute Gasteiger partial charge is 0.350 e. The number of ether oxygens (including phenoxy) is 2. The molecule has 0 aliphatic carbocycles. The first-order valence-corrected chi connectivity index (χ1v) is 12.3. The summed E-state index contributed by atoms with van der Waals surface area (Å²) >= 11 is 0.956. The van der Waals surface area contributed by atoms with Crippen molar-refractivity contribution in [3.8, 4) is 5.75 Å². The number of rotatable bonds is 8. The number of anilines is 1. The Labute approximate surface area is 212 Å². The van der Waals surface area contributed by atoms with Gasteiger partial charge in [-0.15, -0.1) is 0 Å². The number of carbonyl (C=O) groups is 3. The molecule has 0 bridgehead atoms. The Kier molecular flexibility index (Phi) is 7.49. The van der Waals surface area contributed by atoms with Gasteiger partial charge in [-0.1, -0.05) is 67.1 Å². The van der Waals surface area contributed by atoms with Crippen molar-refractivity contribution in [2.75, 3.05) is 18.6 Å². The summed E-state index contributed by atoms with van der Waals surface area (Å²) in [6.45, 7) is 4.22. The number of aliphatic hydroxyl groups excluding tert-OH is 1. The average molecular weight is 507 g/mol. The third kappa shape index (κ3) is 4.74. The van der Waals surface area contributed by atoms with Crippen molar-refractivity contribution in [2.45, 2.75) is 32.7 Å². The van der Waals surface area contributed by atoms with Crippen LogP contribution in [0.25, 0.3) is 5.76 Å². The molecule has 1 amide bonds. The van der Waals surface area contributed by atoms with E-state index in [1.807, 2.05) is 0 Å². The number of aliphatic hydroxyl groups is 1. The Bertz CT molecular complexity index is 1330. The highest BCUT2D eigenvalue weighted by Crippen LogP contribution is 2.44. The number of aromatic nitrogens is 1. The largest absolute Gasteiger partial charge is 0.507 e. The van der Waals surface area contributed by atoms with E-state index in [0.717, 1.165) is 24.2 Å². The fourth-order valence-electron chi connectivity index (χ4n) is 3.97. The second-order valence-corrected chi connectivity index (χ2v) is 9.19. The first-order chi connectivity index (χ1) is 17.4. The number of carbonyl (C=O) groups excluding carboxylic acids is 3. The molecule has 1 saturated heterocycles. The number of aryl methyl sites for hydroxylation is 1. The number of thiazole rings is 1. The van der Waals surface area contributed by atoms with Crippen molar-refractivity contribution in [2.24, 2.45) is 0 Å². The van der Waals surface area contributed by atoms with Gasteiger partial charge < -0.3 is 14.6 Å². The number of esters is 1. The van der Waals surface area contributed by atoms with E-state index < -0.39 is 23.7 Å². The van der Waals surface area contributed by atoms with Crippen molar-refractivity contribution in [3.05, 3.63) is 81.9 Å². The number of ketones is 1. The molecular formula is C27H26N2O6S. The van der Waals surface area contributed by atoms with E-state index >= 15 is 0 Å². The third-order valence-electron chi connectivity index (χ3n) is 5.79. The molecule has 4 rings (SSSR count). The molecule has 36 heavy (non-hydrogen) atoms. The number of hydrogen-bond donors (Lipinski definition) is 1. The SMILES string of the molecule is CCCCOc1cccc(C2C(=C(O)c3ccccc3)C(=O)C(=O)N2c2nc(C)c(C(=O)OC)s2)c1. The molecule has 1 N–H and O–H groups in total. The molecule has 9 heteroatoms. The van der Waals surface area contributed by atoms with E-state index in [0.29, 0.717) is 29.2 Å². The van der Waals surface area contributed by atoms with E-state index in [1.54, 1.807) is 61.5 Å². The average Bonchev–Trinajstić information content (AvgIpc) is 3.40. The Hall–Kier alpha value is -3.98. The molecule has 0 radical (unpaired) electrons. The summed E-state index contributed by atoms with van der Waals surface area (Å²) < 4.78 is 10.7. The minimum Gasteiger partial charge on any atom is -0.507 e. The zero-order valence-corrected chi connectivity index (χ0v) is 21.0. The molecule has 0 saturated carbocycles. The standard InChI is InChI=1S/C27H26N2O6S/c1-4-5-14-35-19-13-9-12-18(15-19)21-20(22(30)17-10-7-6-8-11-17)23(31)25(32)29(21)27-28-16(2)24(36-27)26(33)34-3/h6-13,15,21,30H,4-5,14H2,1-3H3. The van der Waals surface area contributed by atoms with Crippen LogP contribution in [0.1, 0.15) is 52.3 Å². The van der Waals surface area contributed by atoms with Crippen LogP contribution in [0.5, 0.6) is 5.75 Å². The minimum absolute atomic E-state index is 0.0654. The maximum Gasteiger partial charge on any atom is 0.350 e. The van der Waals surface area contributed by atoms with Crippen molar-refractivity contribution in [3.63, 3.8) is 0 Å². The minimum atomic E-state index is -0.976. The first kappa shape index (κ1) is 25.1. The van der Waals surface area contributed by atoms with Gasteiger partial charge in [-0.25, -0.2) is 9.78 Å². The molecular weight excluding hydrogens is 480 g/mol. The van der Waals surface area contributed by atoms with Crippen molar-refractivity contribution >= 4 is 39.9 Å². The van der Waals surface area contributed by atoms with Gasteiger partial charge in [0.25, 0.3) is 5.78 Å². The molecule has 1 aliphatic heterocycles. The van der Waals surface area contributed by atoms with Gasteiger partial charge in [0.05, 0.1) is 31.0 Å². The zero-order chi connectivity index (χ0) is 25.8. The number of hydrogen-bond acceptors (Lipinski definition) is 8. The van der Waals surface area contributed by atoms with E-state index in [9.17, 15) is 19.5 Å². The van der Waals surface area contributed by atoms with Gasteiger partial charge in [-0.2, -0.15) is 0 Å². The second-order valence-electron chi connectivity index (χ2n) is 8.21. The highest BCUT2D eigenvalue weighted by atomic mass is 32.1. The Morgan fingerprint density at radius 1 is 1.14 bits per heavy atom. The maximum atomic E-state index is 13.3. The lowest BCUT2D eigenvalue weighted by Gasteiger charge is -2.23. The van der Waals surface area contributed by atoms with Crippen LogP contribution >= 0.6 is 11.3 Å². The monoisotopic (exact) mass is 506 g/mol. The Balaban J connectivity index is 1.88. The van der Waals surface area contributed by atoms with Crippen molar-refractivity contribution in [1.82, 2.24) is 4.98 Å². The predicted octanol–water partition coefficient (Wildman–Crippen LogP) is 5.04. The molecule has 1 aromatic heterocycles. The van der Waals surface area contributed by atoms with Gasteiger partial charge in [0.2, 0.25) is 0 Å². The van der Waals surface area contributed by atoms with E-state index in [1.165, 1.54) is 12.0 Å². The normalized spacial score (nSPS) is 16.9. The molecule has 186 valence electrons. The molecule has 1 aliphatic rings. The van der Waals surface area contributed by atoms with Crippen LogP contribution in [-0.2, 0) is 14.3 Å². The highest BCUT2D eigenvalue weighted by Gasteiger charge is 2.48. The maximum absolute atomic E-state index is 13.3. The summed E-state index contributed by atoms with van der Waals surface area (Å²) in [6.07, 6.45) is 1.86. The molecule has 2 aromatic carbocycles. The Morgan fingerprint density at radius 3 is 2.58 bits per heavy atom. The number of unbranched alkanes of at least 4 members (excludes halogenated alkanes) is 1. The van der Waals surface area contributed by atoms with Gasteiger partial charge in [-0.3, -0.25) is 14.5 Å². The summed E-state index contributed by atoms with van der Waals surface area (Å²) in [5.41, 5.74) is 1.28.